The van der Waals surface area contributed by atoms with Gasteiger partial charge in [0.1, 0.15) is 12.4 Å². The molecule has 4 rings (SSSR count). The quantitative estimate of drug-likeness (QED) is 0.348. The van der Waals surface area contributed by atoms with Crippen LogP contribution in [0.15, 0.2) is 77.7 Å². The second-order valence-electron chi connectivity index (χ2n) is 7.22. The van der Waals surface area contributed by atoms with Gasteiger partial charge in [0.15, 0.2) is 4.32 Å². The van der Waals surface area contributed by atoms with Gasteiger partial charge in [-0.15, -0.1) is 0 Å². The number of aryl methyl sites for hydroxylation is 1. The largest absolute Gasteiger partial charge is 0.488 e. The topological polar surface area (TPSA) is 58.6 Å². The highest BCUT2D eigenvalue weighted by molar-refractivity contribution is 8.26. The summed E-state index contributed by atoms with van der Waals surface area (Å²) in [5.74, 6) is -0.205. The van der Waals surface area contributed by atoms with Crippen molar-refractivity contribution in [2.75, 3.05) is 0 Å². The van der Waals surface area contributed by atoms with Crippen LogP contribution in [0.5, 0.6) is 5.75 Å². The third kappa shape index (κ3) is 5.45. The lowest BCUT2D eigenvalue weighted by atomic mass is 10.1. The fraction of sp³-hybridized carbons (Fsp3) is 0.0800. The summed E-state index contributed by atoms with van der Waals surface area (Å²) in [7, 11) is 0. The SMILES string of the molecule is Cc1ccccc1COc1ccccc1/C=C1/SC(=S)N(NC(=O)c2ccc(Cl)cc2)C1=O. The van der Waals surface area contributed by atoms with E-state index in [1.807, 2.05) is 55.5 Å². The van der Waals surface area contributed by atoms with Crippen LogP contribution in [0.1, 0.15) is 27.0 Å². The monoisotopic (exact) mass is 494 g/mol. The Hall–Kier alpha value is -3.13. The van der Waals surface area contributed by atoms with Crippen LogP contribution in [0.4, 0.5) is 0 Å². The van der Waals surface area contributed by atoms with Crippen molar-refractivity contribution in [1.82, 2.24) is 10.4 Å². The third-order valence-corrected chi connectivity index (χ3v) is 6.52. The second-order valence-corrected chi connectivity index (χ2v) is 9.33. The van der Waals surface area contributed by atoms with Gasteiger partial charge in [0.2, 0.25) is 0 Å². The van der Waals surface area contributed by atoms with Crippen molar-refractivity contribution in [2.45, 2.75) is 13.5 Å². The lowest BCUT2D eigenvalue weighted by Gasteiger charge is -2.15. The van der Waals surface area contributed by atoms with Crippen molar-refractivity contribution >= 4 is 57.8 Å². The fourth-order valence-corrected chi connectivity index (χ4v) is 4.43. The van der Waals surface area contributed by atoms with Crippen LogP contribution in [0, 0.1) is 6.92 Å². The predicted octanol–water partition coefficient (Wildman–Crippen LogP) is 5.77. The molecule has 1 aliphatic rings. The third-order valence-electron chi connectivity index (χ3n) is 4.96. The minimum atomic E-state index is -0.453. The van der Waals surface area contributed by atoms with Gasteiger partial charge in [0.25, 0.3) is 11.8 Å². The average Bonchev–Trinajstić information content (AvgIpc) is 3.07. The summed E-state index contributed by atoms with van der Waals surface area (Å²) in [5.41, 5.74) is 5.91. The van der Waals surface area contributed by atoms with Crippen LogP contribution in [-0.4, -0.2) is 21.1 Å². The molecule has 33 heavy (non-hydrogen) atoms. The van der Waals surface area contributed by atoms with E-state index in [4.69, 9.17) is 28.6 Å². The summed E-state index contributed by atoms with van der Waals surface area (Å²) in [6.45, 7) is 2.45. The van der Waals surface area contributed by atoms with E-state index in [-0.39, 0.29) is 4.32 Å². The number of halogens is 1. The van der Waals surface area contributed by atoms with Crippen molar-refractivity contribution in [2.24, 2.45) is 0 Å². The highest BCUT2D eigenvalue weighted by Gasteiger charge is 2.34. The Morgan fingerprint density at radius 2 is 1.79 bits per heavy atom. The fourth-order valence-electron chi connectivity index (χ4n) is 3.13. The zero-order valence-corrected chi connectivity index (χ0v) is 20.0. The Bertz CT molecular complexity index is 1260. The van der Waals surface area contributed by atoms with Crippen molar-refractivity contribution in [1.29, 1.82) is 0 Å². The molecule has 0 unspecified atom stereocenters. The molecule has 5 nitrogen and oxygen atoms in total. The number of thioether (sulfide) groups is 1. The normalized spacial score (nSPS) is 14.6. The molecule has 0 bridgehead atoms. The van der Waals surface area contributed by atoms with Crippen molar-refractivity contribution in [3.8, 4) is 5.75 Å². The molecule has 1 saturated heterocycles. The van der Waals surface area contributed by atoms with Crippen molar-refractivity contribution < 1.29 is 14.3 Å². The van der Waals surface area contributed by atoms with E-state index in [2.05, 4.69) is 5.43 Å². The van der Waals surface area contributed by atoms with Crippen LogP contribution < -0.4 is 10.2 Å². The minimum absolute atomic E-state index is 0.242. The van der Waals surface area contributed by atoms with Crippen LogP contribution in [0.2, 0.25) is 5.02 Å². The van der Waals surface area contributed by atoms with E-state index in [9.17, 15) is 9.59 Å². The number of rotatable bonds is 6. The van der Waals surface area contributed by atoms with Gasteiger partial charge in [-0.05, 0) is 66.7 Å². The molecule has 3 aromatic rings. The highest BCUT2D eigenvalue weighted by atomic mass is 35.5. The molecule has 3 aromatic carbocycles. The standard InChI is InChI=1S/C25H19ClN2O3S2/c1-16-6-2-3-8-19(16)15-31-21-9-5-4-7-18(21)14-22-24(30)28(25(32)33-22)27-23(29)17-10-12-20(26)13-11-17/h2-14H,15H2,1H3,(H,27,29)/b22-14+. The van der Waals surface area contributed by atoms with Gasteiger partial charge in [-0.25, -0.2) is 0 Å². The lowest BCUT2D eigenvalue weighted by molar-refractivity contribution is -0.123. The van der Waals surface area contributed by atoms with E-state index >= 15 is 0 Å². The van der Waals surface area contributed by atoms with Gasteiger partial charge in [0, 0.05) is 16.1 Å². The maximum atomic E-state index is 12.9. The first-order valence-corrected chi connectivity index (χ1v) is 11.6. The molecular weight excluding hydrogens is 476 g/mol. The molecule has 166 valence electrons. The number of thiocarbonyl (C=S) groups is 1. The molecule has 0 atom stereocenters. The van der Waals surface area contributed by atoms with E-state index in [0.717, 1.165) is 33.5 Å². The average molecular weight is 495 g/mol. The zero-order valence-electron chi connectivity index (χ0n) is 17.6. The molecule has 0 spiro atoms. The van der Waals surface area contributed by atoms with E-state index in [0.29, 0.717) is 27.8 Å². The molecule has 0 radical (unpaired) electrons. The number of hydrogen-bond donors (Lipinski definition) is 1. The molecule has 2 amide bonds. The number of hydrogen-bond acceptors (Lipinski definition) is 5. The minimum Gasteiger partial charge on any atom is -0.488 e. The Labute approximate surface area is 206 Å². The number of nitrogens with zero attached hydrogens (tertiary/aromatic N) is 1. The van der Waals surface area contributed by atoms with Crippen molar-refractivity contribution in [3.63, 3.8) is 0 Å². The first kappa shape index (κ1) is 23.0. The maximum Gasteiger partial charge on any atom is 0.285 e. The molecule has 1 N–H and O–H groups in total. The van der Waals surface area contributed by atoms with E-state index in [1.54, 1.807) is 30.3 Å². The summed E-state index contributed by atoms with van der Waals surface area (Å²) in [6.07, 6.45) is 1.72. The lowest BCUT2D eigenvalue weighted by Crippen LogP contribution is -2.44. The smallest absolute Gasteiger partial charge is 0.285 e. The molecule has 1 aliphatic heterocycles. The molecule has 1 heterocycles. The molecule has 1 fully saturated rings. The van der Waals surface area contributed by atoms with Gasteiger partial charge in [-0.1, -0.05) is 65.8 Å². The second kappa shape index (κ2) is 10.2. The Kier molecular flexibility index (Phi) is 7.13. The first-order valence-electron chi connectivity index (χ1n) is 10.0. The summed E-state index contributed by atoms with van der Waals surface area (Å²) in [5, 5.41) is 1.60. The predicted molar refractivity (Wildman–Crippen MR) is 136 cm³/mol. The van der Waals surface area contributed by atoms with Gasteiger partial charge in [-0.3, -0.25) is 15.0 Å². The molecule has 8 heteroatoms. The molecule has 0 saturated carbocycles. The highest BCUT2D eigenvalue weighted by Crippen LogP contribution is 2.33. The van der Waals surface area contributed by atoms with Crippen LogP contribution in [0.3, 0.4) is 0 Å². The van der Waals surface area contributed by atoms with Crippen LogP contribution in [-0.2, 0) is 11.4 Å². The molecule has 0 aromatic heterocycles. The maximum absolute atomic E-state index is 12.9. The zero-order chi connectivity index (χ0) is 23.4. The van der Waals surface area contributed by atoms with Crippen molar-refractivity contribution in [3.05, 3.63) is 105 Å². The Balaban J connectivity index is 1.50. The Morgan fingerprint density at radius 1 is 1.09 bits per heavy atom. The van der Waals surface area contributed by atoms with Gasteiger partial charge in [-0.2, -0.15) is 5.01 Å². The number of para-hydroxylation sites is 1. The number of ether oxygens (including phenoxy) is 1. The number of carbonyl (C=O) groups is 2. The summed E-state index contributed by atoms with van der Waals surface area (Å²) in [6, 6.07) is 21.8. The Morgan fingerprint density at radius 3 is 2.55 bits per heavy atom. The number of nitrogens with one attached hydrogen (secondary N) is 1. The number of carbonyl (C=O) groups excluding carboxylic acids is 2. The van der Waals surface area contributed by atoms with E-state index < -0.39 is 11.8 Å². The van der Waals surface area contributed by atoms with Crippen LogP contribution in [0.25, 0.3) is 6.08 Å². The first-order chi connectivity index (χ1) is 15.9. The molecular formula is C25H19ClN2O3S2. The van der Waals surface area contributed by atoms with Gasteiger partial charge >= 0.3 is 0 Å². The summed E-state index contributed by atoms with van der Waals surface area (Å²) >= 11 is 12.3. The number of amides is 2. The molecule has 0 aliphatic carbocycles. The summed E-state index contributed by atoms with van der Waals surface area (Å²) in [4.78, 5) is 25.9. The number of benzene rings is 3. The van der Waals surface area contributed by atoms with Gasteiger partial charge < -0.3 is 4.74 Å². The number of hydrazine groups is 1. The van der Waals surface area contributed by atoms with Crippen LogP contribution >= 0.6 is 35.6 Å². The van der Waals surface area contributed by atoms with Gasteiger partial charge in [0.05, 0.1) is 4.91 Å². The summed E-state index contributed by atoms with van der Waals surface area (Å²) < 4.78 is 6.29. The van der Waals surface area contributed by atoms with E-state index in [1.165, 1.54) is 0 Å².